The van der Waals surface area contributed by atoms with Crippen molar-refractivity contribution in [3.63, 3.8) is 0 Å². The zero-order valence-electron chi connectivity index (χ0n) is 18.5. The Morgan fingerprint density at radius 1 is 0.969 bits per heavy atom. The number of hydrogen-bond acceptors (Lipinski definition) is 3. The van der Waals surface area contributed by atoms with Crippen LogP contribution in [0.1, 0.15) is 11.4 Å². The molecule has 0 spiro atoms. The molecule has 0 unspecified atom stereocenters. The molecule has 0 bridgehead atoms. The molecule has 5 rings (SSSR count). The predicted octanol–water partition coefficient (Wildman–Crippen LogP) is 0.856. The highest BCUT2D eigenvalue weighted by atomic mass is 127. The van der Waals surface area contributed by atoms with Gasteiger partial charge in [0.1, 0.15) is 17.0 Å². The molecular formula is C26H24IN3O2. The highest BCUT2D eigenvalue weighted by Crippen LogP contribution is 2.27. The lowest BCUT2D eigenvalue weighted by molar-refractivity contribution is -0.651. The van der Waals surface area contributed by atoms with Crippen LogP contribution < -0.4 is 43.4 Å². The van der Waals surface area contributed by atoms with E-state index in [4.69, 9.17) is 14.5 Å². The quantitative estimate of drug-likeness (QED) is 0.252. The lowest BCUT2D eigenvalue weighted by Crippen LogP contribution is -3.00. The summed E-state index contributed by atoms with van der Waals surface area (Å²) in [6.45, 7) is 2.03. The maximum absolute atomic E-state index is 5.63. The predicted molar refractivity (Wildman–Crippen MR) is 122 cm³/mol. The highest BCUT2D eigenvalue weighted by molar-refractivity contribution is 5.91. The summed E-state index contributed by atoms with van der Waals surface area (Å²) in [6.07, 6.45) is 4.27. The van der Waals surface area contributed by atoms with Crippen LogP contribution in [0.4, 0.5) is 0 Å². The molecule has 0 saturated carbocycles. The maximum atomic E-state index is 5.63. The number of nitrogens with zero attached hydrogens (tertiary/aromatic N) is 3. The third-order valence-electron chi connectivity index (χ3n) is 5.88. The van der Waals surface area contributed by atoms with Crippen LogP contribution in [-0.4, -0.2) is 23.6 Å². The van der Waals surface area contributed by atoms with Gasteiger partial charge in [-0.15, -0.1) is 0 Å². The van der Waals surface area contributed by atoms with Gasteiger partial charge in [-0.05, 0) is 40.9 Å². The van der Waals surface area contributed by atoms with Crippen molar-refractivity contribution in [2.75, 3.05) is 14.2 Å². The normalized spacial score (nSPS) is 11.7. The molecular weight excluding hydrogens is 513 g/mol. The third kappa shape index (κ3) is 3.58. The van der Waals surface area contributed by atoms with Crippen LogP contribution in [0.25, 0.3) is 33.8 Å². The number of fused-ring (bicyclic) bond motifs is 3. The standard InChI is InChI=1S/C26H24N3O2.HI/c1-17-27-26-22(28(17)2)12-13-29-23(15-19-14-20(30-3)10-11-25(19)31-4)21(16-24(26)29)18-8-6-5-7-9-18;/h5-16H,1-4H3;1H/q+1;/p-1/b23-15+;. The van der Waals surface area contributed by atoms with E-state index in [1.165, 1.54) is 0 Å². The minimum atomic E-state index is 0. The number of pyridine rings is 1. The smallest absolute Gasteiger partial charge is 0.296 e. The third-order valence-corrected chi connectivity index (χ3v) is 5.88. The highest BCUT2D eigenvalue weighted by Gasteiger charge is 2.20. The molecule has 5 nitrogen and oxygen atoms in total. The molecule has 3 heterocycles. The van der Waals surface area contributed by atoms with Gasteiger partial charge in [0.25, 0.3) is 5.82 Å². The Morgan fingerprint density at radius 2 is 1.75 bits per heavy atom. The lowest BCUT2D eigenvalue weighted by atomic mass is 10.1. The van der Waals surface area contributed by atoms with E-state index in [1.54, 1.807) is 14.2 Å². The summed E-state index contributed by atoms with van der Waals surface area (Å²) in [7, 11) is 5.41. The first-order chi connectivity index (χ1) is 15.1. The molecule has 0 aliphatic carbocycles. The molecule has 0 saturated heterocycles. The number of aromatic nitrogens is 3. The van der Waals surface area contributed by atoms with Crippen LogP contribution in [0.5, 0.6) is 11.5 Å². The number of rotatable bonds is 4. The summed E-state index contributed by atoms with van der Waals surface area (Å²) in [5.41, 5.74) is 6.44. The summed E-state index contributed by atoms with van der Waals surface area (Å²) < 4.78 is 15.4. The van der Waals surface area contributed by atoms with Gasteiger partial charge in [-0.3, -0.25) is 0 Å². The van der Waals surface area contributed by atoms with Crippen molar-refractivity contribution in [2.45, 2.75) is 6.92 Å². The van der Waals surface area contributed by atoms with E-state index >= 15 is 0 Å². The molecule has 6 heteroatoms. The summed E-state index contributed by atoms with van der Waals surface area (Å²) >= 11 is 0. The molecule has 0 amide bonds. The van der Waals surface area contributed by atoms with Gasteiger partial charge in [0, 0.05) is 30.3 Å². The first-order valence-corrected chi connectivity index (χ1v) is 10.2. The Labute approximate surface area is 203 Å². The van der Waals surface area contributed by atoms with Crippen LogP contribution in [0.2, 0.25) is 0 Å². The molecule has 0 N–H and O–H groups in total. The van der Waals surface area contributed by atoms with Gasteiger partial charge in [0.2, 0.25) is 5.52 Å². The number of benzene rings is 2. The zero-order valence-corrected chi connectivity index (χ0v) is 20.6. The summed E-state index contributed by atoms with van der Waals surface area (Å²) in [4.78, 5) is 4.84. The van der Waals surface area contributed by atoms with Crippen molar-refractivity contribution in [2.24, 2.45) is 7.05 Å². The van der Waals surface area contributed by atoms with Gasteiger partial charge >= 0.3 is 0 Å². The van der Waals surface area contributed by atoms with Gasteiger partial charge in [-0.1, -0.05) is 30.3 Å². The van der Waals surface area contributed by atoms with E-state index in [1.807, 2.05) is 31.2 Å². The van der Waals surface area contributed by atoms with E-state index < -0.39 is 0 Å². The Kier molecular flexibility index (Phi) is 6.06. The average Bonchev–Trinajstić information content (AvgIpc) is 3.31. The molecule has 0 radical (unpaired) electrons. The fraction of sp³-hybridized carbons (Fsp3) is 0.154. The summed E-state index contributed by atoms with van der Waals surface area (Å²) in [5.74, 6) is 2.58. The van der Waals surface area contributed by atoms with Gasteiger partial charge in [0.05, 0.1) is 26.6 Å². The number of ether oxygens (including phenoxy) is 2. The van der Waals surface area contributed by atoms with Crippen LogP contribution in [0.15, 0.2) is 66.9 Å². The number of halogens is 1. The minimum absolute atomic E-state index is 0. The molecule has 0 fully saturated rings. The molecule has 0 atom stereocenters. The zero-order chi connectivity index (χ0) is 21.5. The van der Waals surface area contributed by atoms with Crippen molar-refractivity contribution >= 4 is 22.6 Å². The first-order valence-electron chi connectivity index (χ1n) is 10.2. The number of aryl methyl sites for hydroxylation is 2. The molecule has 0 aliphatic rings. The Balaban J connectivity index is 0.00000245. The topological polar surface area (TPSA) is 39.6 Å². The van der Waals surface area contributed by atoms with E-state index in [0.29, 0.717) is 0 Å². The van der Waals surface area contributed by atoms with E-state index in [0.717, 1.165) is 55.9 Å². The van der Waals surface area contributed by atoms with Crippen LogP contribution in [0.3, 0.4) is 0 Å². The number of hydrogen-bond donors (Lipinski definition) is 0. The Bertz CT molecular complexity index is 1480. The fourth-order valence-electron chi connectivity index (χ4n) is 4.13. The van der Waals surface area contributed by atoms with Crippen molar-refractivity contribution in [1.82, 2.24) is 9.38 Å². The van der Waals surface area contributed by atoms with E-state index in [2.05, 4.69) is 64.7 Å². The summed E-state index contributed by atoms with van der Waals surface area (Å²) in [6, 6.07) is 20.6. The second-order valence-electron chi connectivity index (χ2n) is 7.58. The van der Waals surface area contributed by atoms with Crippen molar-refractivity contribution < 1.29 is 38.0 Å². The summed E-state index contributed by atoms with van der Waals surface area (Å²) in [5, 5.41) is 1.07. The van der Waals surface area contributed by atoms with Gasteiger partial charge < -0.3 is 37.9 Å². The lowest BCUT2D eigenvalue weighted by Gasteiger charge is -2.07. The molecule has 3 aromatic heterocycles. The van der Waals surface area contributed by atoms with Crippen molar-refractivity contribution in [3.05, 3.63) is 83.6 Å². The SMILES string of the molecule is COc1ccc(OC)c(/C=c2\c(-c3ccccc3)cc3c4nc(C)[n+](C)c4ccn23)c1.[I-]. The average molecular weight is 537 g/mol. The van der Waals surface area contributed by atoms with Crippen LogP contribution in [-0.2, 0) is 7.05 Å². The largest absolute Gasteiger partial charge is 1.00 e. The fourth-order valence-corrected chi connectivity index (χ4v) is 4.13. The molecule has 32 heavy (non-hydrogen) atoms. The molecule has 0 aliphatic heterocycles. The van der Waals surface area contributed by atoms with Crippen LogP contribution in [0, 0.1) is 6.92 Å². The van der Waals surface area contributed by atoms with Gasteiger partial charge in [0.15, 0.2) is 5.52 Å². The number of methoxy groups -OCH3 is 2. The molecule has 5 aromatic rings. The number of imidazole rings is 1. The van der Waals surface area contributed by atoms with Gasteiger partial charge in [-0.25, -0.2) is 4.57 Å². The van der Waals surface area contributed by atoms with Crippen LogP contribution >= 0.6 is 0 Å². The first kappa shape index (κ1) is 22.1. The van der Waals surface area contributed by atoms with Crippen molar-refractivity contribution in [1.29, 1.82) is 0 Å². The molecule has 162 valence electrons. The maximum Gasteiger partial charge on any atom is 0.296 e. The molecule has 2 aromatic carbocycles. The van der Waals surface area contributed by atoms with Gasteiger partial charge in [-0.2, -0.15) is 0 Å². The monoisotopic (exact) mass is 537 g/mol. The second kappa shape index (κ2) is 8.78. The van der Waals surface area contributed by atoms with E-state index in [-0.39, 0.29) is 24.0 Å². The van der Waals surface area contributed by atoms with E-state index in [9.17, 15) is 0 Å². The Morgan fingerprint density at radius 3 is 2.47 bits per heavy atom. The van der Waals surface area contributed by atoms with Crippen molar-refractivity contribution in [3.8, 4) is 22.6 Å². The second-order valence-corrected chi connectivity index (χ2v) is 7.58. The minimum Gasteiger partial charge on any atom is -1.00 e. The Hall–Kier alpha value is -3.13.